The number of nitrogens with zero attached hydrogens (tertiary/aromatic N) is 1. The second-order valence-corrected chi connectivity index (χ2v) is 8.93. The predicted octanol–water partition coefficient (Wildman–Crippen LogP) is 4.26. The molecule has 0 saturated heterocycles. The van der Waals surface area contributed by atoms with E-state index in [-0.39, 0.29) is 18.4 Å². The van der Waals surface area contributed by atoms with E-state index in [0.29, 0.717) is 51.7 Å². The van der Waals surface area contributed by atoms with Crippen molar-refractivity contribution in [3.8, 4) is 0 Å². The molecule has 2 amide bonds. The summed E-state index contributed by atoms with van der Waals surface area (Å²) in [5.41, 5.74) is 7.62. The van der Waals surface area contributed by atoms with Crippen molar-refractivity contribution in [2.45, 2.75) is 19.0 Å². The highest BCUT2D eigenvalue weighted by molar-refractivity contribution is 6.42. The number of hydrogen-bond donors (Lipinski definition) is 3. The summed E-state index contributed by atoms with van der Waals surface area (Å²) < 4.78 is 0. The molecule has 0 spiro atoms. The number of hydrogen-bond acceptors (Lipinski definition) is 4. The Morgan fingerprint density at radius 1 is 1.09 bits per heavy atom. The normalized spacial score (nSPS) is 16.3. The topological polar surface area (TPSA) is 87.5 Å². The van der Waals surface area contributed by atoms with Gasteiger partial charge in [-0.3, -0.25) is 9.59 Å². The maximum absolute atomic E-state index is 13.1. The van der Waals surface area contributed by atoms with Gasteiger partial charge in [0.05, 0.1) is 16.6 Å². The number of amides is 2. The van der Waals surface area contributed by atoms with Crippen LogP contribution in [0.25, 0.3) is 0 Å². The second-order valence-electron chi connectivity index (χ2n) is 7.27. The van der Waals surface area contributed by atoms with Crippen molar-refractivity contribution in [1.82, 2.24) is 15.5 Å². The second kappa shape index (κ2) is 11.3. The molecule has 1 heterocycles. The van der Waals surface area contributed by atoms with Gasteiger partial charge in [-0.2, -0.15) is 0 Å². The monoisotopic (exact) mass is 514 g/mol. The molecular formula is C22H22Cl4N4O2. The maximum atomic E-state index is 13.1. The summed E-state index contributed by atoms with van der Waals surface area (Å²) in [4.78, 5) is 27.3. The van der Waals surface area contributed by atoms with Crippen molar-refractivity contribution in [2.75, 3.05) is 19.6 Å². The van der Waals surface area contributed by atoms with E-state index >= 15 is 0 Å². The van der Waals surface area contributed by atoms with E-state index in [1.165, 1.54) is 6.07 Å². The average Bonchev–Trinajstić information content (AvgIpc) is 2.90. The molecule has 1 atom stereocenters. The standard InChI is InChI=1S/C22H22Cl4N4O2/c23-15-3-1-14(18(25)10-15)12-30-8-6-16(29-20(5-7-27)22(30)32)11-28-21(31)13-2-4-17(24)19(26)9-13/h1-4,6,9-10,20,29H,5,7-8,11-12,27H2,(H,28,31). The van der Waals surface area contributed by atoms with Crippen LogP contribution >= 0.6 is 46.4 Å². The van der Waals surface area contributed by atoms with E-state index in [0.717, 1.165) is 11.3 Å². The zero-order chi connectivity index (χ0) is 23.3. The van der Waals surface area contributed by atoms with E-state index in [2.05, 4.69) is 10.6 Å². The Balaban J connectivity index is 1.71. The average molecular weight is 516 g/mol. The molecule has 1 aliphatic rings. The molecule has 2 aromatic rings. The van der Waals surface area contributed by atoms with Gasteiger partial charge in [0.15, 0.2) is 0 Å². The van der Waals surface area contributed by atoms with Crippen LogP contribution in [0.3, 0.4) is 0 Å². The first-order chi connectivity index (χ1) is 15.3. The number of rotatable bonds is 7. The highest BCUT2D eigenvalue weighted by atomic mass is 35.5. The first-order valence-corrected chi connectivity index (χ1v) is 11.4. The lowest BCUT2D eigenvalue weighted by Crippen LogP contribution is -2.45. The van der Waals surface area contributed by atoms with Crippen LogP contribution in [0.4, 0.5) is 0 Å². The van der Waals surface area contributed by atoms with E-state index in [1.54, 1.807) is 35.2 Å². The van der Waals surface area contributed by atoms with E-state index in [4.69, 9.17) is 52.1 Å². The van der Waals surface area contributed by atoms with Crippen LogP contribution in [0.15, 0.2) is 48.2 Å². The van der Waals surface area contributed by atoms with Gasteiger partial charge in [0.2, 0.25) is 5.91 Å². The number of carbonyl (C=O) groups is 2. The molecule has 0 aliphatic carbocycles. The molecule has 6 nitrogen and oxygen atoms in total. The largest absolute Gasteiger partial charge is 0.376 e. The molecular weight excluding hydrogens is 494 g/mol. The lowest BCUT2D eigenvalue weighted by molar-refractivity contribution is -0.133. The van der Waals surface area contributed by atoms with Crippen molar-refractivity contribution in [3.05, 3.63) is 79.4 Å². The maximum Gasteiger partial charge on any atom is 0.251 e. The van der Waals surface area contributed by atoms with Crippen LogP contribution in [0, 0.1) is 0 Å². The molecule has 10 heteroatoms. The zero-order valence-electron chi connectivity index (χ0n) is 17.0. The fourth-order valence-electron chi connectivity index (χ4n) is 3.27. The quantitative estimate of drug-likeness (QED) is 0.514. The van der Waals surface area contributed by atoms with Crippen molar-refractivity contribution in [2.24, 2.45) is 5.73 Å². The SMILES string of the molecule is NCCC1NC(CNC(=O)c2ccc(Cl)c(Cl)c2)=CCN(Cc2ccc(Cl)cc2Cl)C1=O. The summed E-state index contributed by atoms with van der Waals surface area (Å²) in [6.07, 6.45) is 2.31. The fourth-order valence-corrected chi connectivity index (χ4v) is 4.04. The van der Waals surface area contributed by atoms with E-state index < -0.39 is 6.04 Å². The minimum Gasteiger partial charge on any atom is -0.376 e. The molecule has 2 aromatic carbocycles. The molecule has 1 aliphatic heterocycles. The fraction of sp³-hybridized carbons (Fsp3) is 0.273. The number of benzene rings is 2. The highest BCUT2D eigenvalue weighted by Gasteiger charge is 2.27. The van der Waals surface area contributed by atoms with Crippen LogP contribution in [-0.2, 0) is 11.3 Å². The van der Waals surface area contributed by atoms with Gasteiger partial charge in [-0.05, 0) is 54.9 Å². The summed E-state index contributed by atoms with van der Waals surface area (Å²) >= 11 is 24.2. The van der Waals surface area contributed by atoms with Crippen molar-refractivity contribution in [1.29, 1.82) is 0 Å². The van der Waals surface area contributed by atoms with Crippen molar-refractivity contribution >= 4 is 58.2 Å². The van der Waals surface area contributed by atoms with Gasteiger partial charge in [-0.15, -0.1) is 0 Å². The molecule has 1 unspecified atom stereocenters. The summed E-state index contributed by atoms with van der Waals surface area (Å²) in [6.45, 7) is 1.23. The van der Waals surface area contributed by atoms with Gasteiger partial charge in [0, 0.05) is 34.4 Å². The van der Waals surface area contributed by atoms with Crippen molar-refractivity contribution < 1.29 is 9.59 Å². The van der Waals surface area contributed by atoms with E-state index in [1.807, 2.05) is 6.08 Å². The Morgan fingerprint density at radius 3 is 2.56 bits per heavy atom. The first-order valence-electron chi connectivity index (χ1n) is 9.90. The summed E-state index contributed by atoms with van der Waals surface area (Å²) in [5, 5.41) is 7.74. The Labute approximate surface area is 206 Å². The minimum atomic E-state index is -0.512. The van der Waals surface area contributed by atoms with Crippen molar-refractivity contribution in [3.63, 3.8) is 0 Å². The third kappa shape index (κ3) is 6.30. The molecule has 4 N–H and O–H groups in total. The summed E-state index contributed by atoms with van der Waals surface area (Å²) in [5.74, 6) is -0.398. The number of nitrogens with one attached hydrogen (secondary N) is 2. The lowest BCUT2D eigenvalue weighted by atomic mass is 10.1. The first kappa shape index (κ1) is 24.7. The summed E-state index contributed by atoms with van der Waals surface area (Å²) in [7, 11) is 0. The number of carbonyl (C=O) groups excluding carboxylic acids is 2. The van der Waals surface area contributed by atoms with Gasteiger partial charge in [0.1, 0.15) is 6.04 Å². The lowest BCUT2D eigenvalue weighted by Gasteiger charge is -2.25. The third-order valence-electron chi connectivity index (χ3n) is 4.98. The molecule has 32 heavy (non-hydrogen) atoms. The Hall–Kier alpha value is -1.96. The molecule has 0 saturated carbocycles. The molecule has 170 valence electrons. The highest BCUT2D eigenvalue weighted by Crippen LogP contribution is 2.24. The van der Waals surface area contributed by atoms with Crippen LogP contribution < -0.4 is 16.4 Å². The van der Waals surface area contributed by atoms with Crippen LogP contribution in [0.5, 0.6) is 0 Å². The van der Waals surface area contributed by atoms with Gasteiger partial charge in [-0.1, -0.05) is 52.5 Å². The van der Waals surface area contributed by atoms with Crippen LogP contribution in [0.2, 0.25) is 20.1 Å². The van der Waals surface area contributed by atoms with Gasteiger partial charge >= 0.3 is 0 Å². The Bertz CT molecular complexity index is 1040. The summed E-state index contributed by atoms with van der Waals surface area (Å²) in [6, 6.07) is 9.34. The van der Waals surface area contributed by atoms with Gasteiger partial charge in [0.25, 0.3) is 5.91 Å². The minimum absolute atomic E-state index is 0.0940. The molecule has 0 fully saturated rings. The Morgan fingerprint density at radius 2 is 1.88 bits per heavy atom. The number of halogens is 4. The zero-order valence-corrected chi connectivity index (χ0v) is 20.0. The Kier molecular flexibility index (Phi) is 8.68. The molecule has 0 radical (unpaired) electrons. The smallest absolute Gasteiger partial charge is 0.251 e. The van der Waals surface area contributed by atoms with Crippen LogP contribution in [0.1, 0.15) is 22.3 Å². The molecule has 0 aromatic heterocycles. The predicted molar refractivity (Wildman–Crippen MR) is 129 cm³/mol. The van der Waals surface area contributed by atoms with E-state index in [9.17, 15) is 9.59 Å². The van der Waals surface area contributed by atoms with Gasteiger partial charge < -0.3 is 21.3 Å². The van der Waals surface area contributed by atoms with Gasteiger partial charge in [-0.25, -0.2) is 0 Å². The molecule has 0 bridgehead atoms. The van der Waals surface area contributed by atoms with Crippen LogP contribution in [-0.4, -0.2) is 42.4 Å². The third-order valence-corrected chi connectivity index (χ3v) is 6.31. The molecule has 3 rings (SSSR count). The number of nitrogens with two attached hydrogens (primary N) is 1.